The minimum absolute atomic E-state index is 0.132. The van der Waals surface area contributed by atoms with E-state index >= 15 is 0 Å². The molecule has 4 heterocycles. The molecule has 4 aliphatic heterocycles. The van der Waals surface area contributed by atoms with Gasteiger partial charge in [0.1, 0.15) is 35.8 Å². The van der Waals surface area contributed by atoms with Gasteiger partial charge in [-0.3, -0.25) is 9.69 Å². The van der Waals surface area contributed by atoms with Crippen LogP contribution in [0.1, 0.15) is 113 Å². The highest BCUT2D eigenvalue weighted by Crippen LogP contribution is 2.40. The van der Waals surface area contributed by atoms with Crippen molar-refractivity contribution < 1.29 is 62.9 Å². The number of carbonyl (C=O) groups is 1. The molecule has 0 aromatic heterocycles. The number of methoxy groups -OCH3 is 1. The van der Waals surface area contributed by atoms with E-state index < -0.39 is 83.8 Å². The Labute approximate surface area is 374 Å². The Morgan fingerprint density at radius 3 is 2.24 bits per heavy atom. The number of cyclic esters (lactones) is 1. The number of likely N-dealkylation sites (N-methyl/N-ethyl adjacent to an activating group) is 1. The van der Waals surface area contributed by atoms with E-state index in [0.717, 1.165) is 5.56 Å². The molecule has 4 N–H and O–H groups in total. The van der Waals surface area contributed by atoms with E-state index in [1.807, 2.05) is 53.6 Å². The highest BCUT2D eigenvalue weighted by molar-refractivity contribution is 6.01. The van der Waals surface area contributed by atoms with Gasteiger partial charge in [0.15, 0.2) is 12.6 Å². The highest BCUT2D eigenvalue weighted by atomic mass is 19.1. The first-order valence-corrected chi connectivity index (χ1v) is 23.0. The lowest BCUT2D eigenvalue weighted by atomic mass is 9.77. The smallest absolute Gasteiger partial charge is 0.311 e. The molecule has 0 saturated carbocycles. The fraction of sp³-hybridized carbons (Fsp3) is 0.830. The van der Waals surface area contributed by atoms with Gasteiger partial charge >= 0.3 is 5.97 Å². The van der Waals surface area contributed by atoms with Crippen LogP contribution < -0.4 is 0 Å². The number of hydrogen-bond donors (Lipinski definition) is 4. The molecule has 0 amide bonds. The molecule has 63 heavy (non-hydrogen) atoms. The monoisotopic (exact) mass is 896 g/mol. The number of hydrogen-bond acceptors (Lipinski definition) is 15. The summed E-state index contributed by atoms with van der Waals surface area (Å²) in [6, 6.07) is 5.60. The number of aliphatic hydroxyl groups excluding tert-OH is 2. The van der Waals surface area contributed by atoms with Crippen molar-refractivity contribution in [2.45, 2.75) is 198 Å². The maximum atomic E-state index is 14.5. The second-order valence-electron chi connectivity index (χ2n) is 20.2. The Morgan fingerprint density at radius 1 is 0.952 bits per heavy atom. The van der Waals surface area contributed by atoms with Crippen LogP contribution in [0.4, 0.5) is 4.39 Å². The zero-order valence-corrected chi connectivity index (χ0v) is 39.9. The zero-order valence-electron chi connectivity index (χ0n) is 39.9. The molecular formula is C47H78FN3O12. The Hall–Kier alpha value is -2.35. The van der Waals surface area contributed by atoms with Crippen molar-refractivity contribution in [3.05, 3.63) is 35.6 Å². The van der Waals surface area contributed by atoms with Crippen LogP contribution in [0.15, 0.2) is 29.4 Å². The van der Waals surface area contributed by atoms with Crippen LogP contribution in [-0.4, -0.2) is 167 Å². The lowest BCUT2D eigenvalue weighted by molar-refractivity contribution is -0.318. The molecule has 16 heteroatoms. The van der Waals surface area contributed by atoms with Gasteiger partial charge in [0.2, 0.25) is 0 Å². The van der Waals surface area contributed by atoms with Crippen LogP contribution in [0.2, 0.25) is 0 Å². The molecule has 4 aliphatic rings. The van der Waals surface area contributed by atoms with E-state index in [9.17, 15) is 29.6 Å². The topological polar surface area (TPSA) is 181 Å². The predicted molar refractivity (Wildman–Crippen MR) is 234 cm³/mol. The van der Waals surface area contributed by atoms with Crippen LogP contribution in [0.25, 0.3) is 0 Å². The van der Waals surface area contributed by atoms with Crippen molar-refractivity contribution in [2.24, 2.45) is 22.9 Å². The third-order valence-electron chi connectivity index (χ3n) is 14.1. The average Bonchev–Trinajstić information content (AvgIpc) is 3.68. The molecule has 15 nitrogen and oxygen atoms in total. The van der Waals surface area contributed by atoms with E-state index in [4.69, 9.17) is 33.3 Å². The van der Waals surface area contributed by atoms with Gasteiger partial charge in [-0.2, -0.15) is 0 Å². The first-order valence-electron chi connectivity index (χ1n) is 23.0. The minimum atomic E-state index is -1.60. The Kier molecular flexibility index (Phi) is 17.3. The van der Waals surface area contributed by atoms with Gasteiger partial charge in [-0.25, -0.2) is 4.39 Å². The van der Waals surface area contributed by atoms with Crippen LogP contribution in [-0.2, 0) is 38.1 Å². The van der Waals surface area contributed by atoms with Crippen molar-refractivity contribution >= 4 is 11.7 Å². The van der Waals surface area contributed by atoms with E-state index in [0.29, 0.717) is 38.1 Å². The van der Waals surface area contributed by atoms with Gasteiger partial charge in [-0.05, 0) is 112 Å². The van der Waals surface area contributed by atoms with Gasteiger partial charge in [-0.15, -0.1) is 0 Å². The summed E-state index contributed by atoms with van der Waals surface area (Å²) in [4.78, 5) is 24.6. The number of carbonyl (C=O) groups excluding carboxylic acids is 1. The Bertz CT molecular complexity index is 1670. The number of halogens is 1. The van der Waals surface area contributed by atoms with E-state index in [1.165, 1.54) is 19.2 Å². The summed E-state index contributed by atoms with van der Waals surface area (Å²) < 4.78 is 52.0. The van der Waals surface area contributed by atoms with Crippen molar-refractivity contribution in [1.82, 2.24) is 9.80 Å². The normalized spacial score (nSPS) is 44.0. The molecule has 1 unspecified atom stereocenters. The average molecular weight is 896 g/mol. The third kappa shape index (κ3) is 12.4. The molecule has 360 valence electrons. The van der Waals surface area contributed by atoms with Crippen molar-refractivity contribution in [3.63, 3.8) is 0 Å². The highest BCUT2D eigenvalue weighted by Gasteiger charge is 2.52. The summed E-state index contributed by atoms with van der Waals surface area (Å²) in [6.45, 7) is 19.2. The van der Waals surface area contributed by atoms with Crippen LogP contribution >= 0.6 is 0 Å². The van der Waals surface area contributed by atoms with Crippen molar-refractivity contribution in [1.29, 1.82) is 0 Å². The van der Waals surface area contributed by atoms with E-state index in [1.54, 1.807) is 46.8 Å². The molecule has 0 spiro atoms. The summed E-state index contributed by atoms with van der Waals surface area (Å²) >= 11 is 0. The van der Waals surface area contributed by atoms with E-state index in [-0.39, 0.29) is 55.3 Å². The molecule has 0 aliphatic carbocycles. The van der Waals surface area contributed by atoms with Gasteiger partial charge in [0, 0.05) is 51.0 Å². The van der Waals surface area contributed by atoms with Gasteiger partial charge in [0.25, 0.3) is 0 Å². The van der Waals surface area contributed by atoms with E-state index in [2.05, 4.69) is 10.1 Å². The molecule has 18 atom stereocenters. The largest absolute Gasteiger partial charge is 0.459 e. The summed E-state index contributed by atoms with van der Waals surface area (Å²) in [5.41, 5.74) is -2.61. The quantitative estimate of drug-likeness (QED) is 0.239. The van der Waals surface area contributed by atoms with Crippen molar-refractivity contribution in [3.8, 4) is 0 Å². The standard InChI is InChI=1S/C47H78FN3O12/c1-14-37-45(8,55)22-27(3)51(25-34-20-35(49-63-34)32-15-17-33(48)18-16-32)24-26(2)21-46(9,56)42(62-44-39(52)36(50(11)12)19-28(4)58-44)29(5)40(30(6)43(54)60-37)61-38-23-47(10,57-13)41(53)31(7)59-38/h15-18,26-31,34,36-42,44,52-53,55-56H,14,19-25H2,1-13H3/t26-,27-,28-,29+,30-,31+,34?,36+,37+,38+,39-,40+,41+,42-,44+,45+,46+,47-/m1/s1. The van der Waals surface area contributed by atoms with Gasteiger partial charge < -0.3 is 58.6 Å². The molecule has 1 aromatic carbocycles. The molecule has 0 bridgehead atoms. The summed E-state index contributed by atoms with van der Waals surface area (Å²) in [5.74, 6) is -2.89. The van der Waals surface area contributed by atoms with Gasteiger partial charge in [-0.1, -0.05) is 38.1 Å². The zero-order chi connectivity index (χ0) is 46.8. The Morgan fingerprint density at radius 2 is 1.62 bits per heavy atom. The van der Waals surface area contributed by atoms with Crippen LogP contribution in [0, 0.1) is 23.6 Å². The lowest BCUT2D eigenvalue weighted by Crippen LogP contribution is -2.60. The second-order valence-corrected chi connectivity index (χ2v) is 20.2. The summed E-state index contributed by atoms with van der Waals surface area (Å²) in [5, 5.41) is 52.2. The first-order chi connectivity index (χ1) is 29.4. The number of oxime groups is 1. The Balaban J connectivity index is 1.53. The fourth-order valence-corrected chi connectivity index (χ4v) is 10.5. The third-order valence-corrected chi connectivity index (χ3v) is 14.1. The predicted octanol–water partition coefficient (Wildman–Crippen LogP) is 4.63. The molecule has 3 saturated heterocycles. The number of benzene rings is 1. The maximum Gasteiger partial charge on any atom is 0.311 e. The van der Waals surface area contributed by atoms with Crippen LogP contribution in [0.5, 0.6) is 0 Å². The first kappa shape index (κ1) is 51.6. The molecule has 3 fully saturated rings. The SMILES string of the molecule is CC[C@@H]1OC(=O)[C@H](C)[C@@H](O[C@H]2C[C@@](C)(OC)[C@@H](O)[C@H](C)O2)[C@H](C)[C@@H](O[C@@H]2O[C@H](C)C[C@H](N(C)C)[C@H]2O)[C@@](C)(O)C[C@@H](C)CN(CC2CC(c3ccc(F)cc3)=NO2)[C@H](C)C[C@]1(C)O. The maximum absolute atomic E-state index is 14.5. The van der Waals surface area contributed by atoms with Crippen LogP contribution in [0.3, 0.4) is 0 Å². The number of ether oxygens (including phenoxy) is 6. The summed E-state index contributed by atoms with van der Waals surface area (Å²) in [7, 11) is 5.30. The summed E-state index contributed by atoms with van der Waals surface area (Å²) in [6.07, 6.45) is -6.43. The minimum Gasteiger partial charge on any atom is -0.459 e. The van der Waals surface area contributed by atoms with Gasteiger partial charge in [0.05, 0.1) is 47.2 Å². The fourth-order valence-electron chi connectivity index (χ4n) is 10.5. The molecular weight excluding hydrogens is 818 g/mol. The second kappa shape index (κ2) is 21.1. The number of nitrogens with zero attached hydrogens (tertiary/aromatic N) is 3. The molecule has 5 rings (SSSR count). The number of esters is 1. The number of rotatable bonds is 10. The lowest BCUT2D eigenvalue weighted by Gasteiger charge is -2.48. The number of aliphatic hydroxyl groups is 4. The van der Waals surface area contributed by atoms with Crippen molar-refractivity contribution in [2.75, 3.05) is 34.3 Å². The molecule has 1 aromatic rings. The molecule has 0 radical (unpaired) electrons.